The van der Waals surface area contributed by atoms with Crippen LogP contribution < -0.4 is 4.72 Å². The van der Waals surface area contributed by atoms with Gasteiger partial charge in [0.2, 0.25) is 15.9 Å². The van der Waals surface area contributed by atoms with E-state index in [-0.39, 0.29) is 11.9 Å². The summed E-state index contributed by atoms with van der Waals surface area (Å²) in [6.45, 7) is 1.33. The number of likely N-dealkylation sites (N-methyl/N-ethyl adjacent to an activating group) is 1. The van der Waals surface area contributed by atoms with Crippen LogP contribution in [0.1, 0.15) is 12.0 Å². The maximum absolute atomic E-state index is 13.6. The number of hydrogen-bond donors (Lipinski definition) is 1. The SMILES string of the molecule is CN(C)C(=O)[C@]1(Cc2cccc(-c3ncc(F)cn3)c2)C[C@@H](NS(C)(=O)=O)[C@@H]2COCCN21. The number of morpholine rings is 1. The molecule has 178 valence electrons. The van der Waals surface area contributed by atoms with Crippen molar-refractivity contribution in [2.45, 2.75) is 30.5 Å². The molecular weight excluding hydrogens is 449 g/mol. The van der Waals surface area contributed by atoms with Crippen molar-refractivity contribution in [3.63, 3.8) is 0 Å². The lowest BCUT2D eigenvalue weighted by Gasteiger charge is -2.43. The van der Waals surface area contributed by atoms with E-state index in [4.69, 9.17) is 4.74 Å². The first-order valence-electron chi connectivity index (χ1n) is 10.7. The van der Waals surface area contributed by atoms with E-state index in [0.717, 1.165) is 24.2 Å². The zero-order valence-electron chi connectivity index (χ0n) is 18.9. The van der Waals surface area contributed by atoms with E-state index in [2.05, 4.69) is 19.6 Å². The van der Waals surface area contributed by atoms with Gasteiger partial charge < -0.3 is 9.64 Å². The highest BCUT2D eigenvalue weighted by molar-refractivity contribution is 7.88. The summed E-state index contributed by atoms with van der Waals surface area (Å²) in [5.41, 5.74) is 0.644. The molecule has 3 heterocycles. The van der Waals surface area contributed by atoms with Gasteiger partial charge in [0.15, 0.2) is 11.6 Å². The normalized spacial score (nSPS) is 25.6. The Morgan fingerprint density at radius 2 is 2.06 bits per heavy atom. The number of sulfonamides is 1. The first-order valence-corrected chi connectivity index (χ1v) is 12.6. The van der Waals surface area contributed by atoms with E-state index < -0.39 is 27.4 Å². The molecule has 1 aromatic heterocycles. The second-order valence-electron chi connectivity index (χ2n) is 8.87. The van der Waals surface area contributed by atoms with Gasteiger partial charge in [0.05, 0.1) is 37.9 Å². The number of rotatable bonds is 6. The van der Waals surface area contributed by atoms with Crippen molar-refractivity contribution in [1.82, 2.24) is 24.5 Å². The largest absolute Gasteiger partial charge is 0.378 e. The number of nitrogens with zero attached hydrogens (tertiary/aromatic N) is 4. The molecule has 3 atom stereocenters. The van der Waals surface area contributed by atoms with Gasteiger partial charge in [-0.1, -0.05) is 18.2 Å². The van der Waals surface area contributed by atoms with E-state index in [9.17, 15) is 17.6 Å². The molecule has 0 aliphatic carbocycles. The maximum atomic E-state index is 13.6. The van der Waals surface area contributed by atoms with E-state index in [0.29, 0.717) is 44.0 Å². The Hall–Kier alpha value is -2.47. The summed E-state index contributed by atoms with van der Waals surface area (Å²) in [5.74, 6) is -0.215. The van der Waals surface area contributed by atoms with Crippen LogP contribution in [0.2, 0.25) is 0 Å². The molecule has 2 aliphatic heterocycles. The van der Waals surface area contributed by atoms with Crippen LogP contribution in [0.25, 0.3) is 11.4 Å². The number of nitrogens with one attached hydrogen (secondary N) is 1. The predicted octanol–water partition coefficient (Wildman–Crippen LogP) is 0.675. The van der Waals surface area contributed by atoms with E-state index in [1.165, 1.54) is 0 Å². The predicted molar refractivity (Wildman–Crippen MR) is 120 cm³/mol. The Bertz CT molecular complexity index is 1130. The molecule has 1 aromatic carbocycles. The Balaban J connectivity index is 1.73. The van der Waals surface area contributed by atoms with E-state index in [1.54, 1.807) is 19.0 Å². The number of fused-ring (bicyclic) bond motifs is 1. The van der Waals surface area contributed by atoms with Crippen LogP contribution in [-0.4, -0.2) is 91.8 Å². The smallest absolute Gasteiger partial charge is 0.243 e. The number of carbonyl (C=O) groups is 1. The Kier molecular flexibility index (Phi) is 6.50. The van der Waals surface area contributed by atoms with Crippen molar-refractivity contribution >= 4 is 15.9 Å². The van der Waals surface area contributed by atoms with Crippen molar-refractivity contribution in [2.24, 2.45) is 0 Å². The van der Waals surface area contributed by atoms with Crippen molar-refractivity contribution in [3.8, 4) is 11.4 Å². The van der Waals surface area contributed by atoms with Crippen molar-refractivity contribution < 1.29 is 22.3 Å². The minimum Gasteiger partial charge on any atom is -0.378 e. The average Bonchev–Trinajstić information content (AvgIpc) is 3.06. The zero-order chi connectivity index (χ0) is 23.8. The standard InChI is InChI=1S/C22H28FN5O4S/c1-27(2)21(29)22(11-18(26-33(3,30)31)19-14-32-8-7-28(19)22)10-15-5-4-6-16(9-15)20-24-12-17(23)13-25-20/h4-6,9,12-13,18-19,26H,7-8,10-11,14H2,1-3H3/t18-,19+,22+/m1/s1. The summed E-state index contributed by atoms with van der Waals surface area (Å²) in [7, 11) is -0.0617. The molecule has 1 N–H and O–H groups in total. The molecule has 0 spiro atoms. The summed E-state index contributed by atoms with van der Waals surface area (Å²) in [6, 6.07) is 6.80. The minimum absolute atomic E-state index is 0.0874. The highest BCUT2D eigenvalue weighted by atomic mass is 32.2. The molecular formula is C22H28FN5O4S. The monoisotopic (exact) mass is 477 g/mol. The summed E-state index contributed by atoms with van der Waals surface area (Å²) in [6.07, 6.45) is 4.05. The third-order valence-corrected chi connectivity index (χ3v) is 6.94. The highest BCUT2D eigenvalue weighted by Crippen LogP contribution is 2.40. The molecule has 2 saturated heterocycles. The third-order valence-electron chi connectivity index (χ3n) is 6.21. The number of hydrogen-bond acceptors (Lipinski definition) is 7. The van der Waals surface area contributed by atoms with E-state index in [1.807, 2.05) is 24.3 Å². The molecule has 2 aromatic rings. The lowest BCUT2D eigenvalue weighted by Crippen LogP contribution is -2.61. The molecule has 4 rings (SSSR count). The van der Waals surface area contributed by atoms with Gasteiger partial charge >= 0.3 is 0 Å². The molecule has 2 aliphatic rings. The van der Waals surface area contributed by atoms with Gasteiger partial charge in [-0.2, -0.15) is 0 Å². The lowest BCUT2D eigenvalue weighted by molar-refractivity contribution is -0.144. The quantitative estimate of drug-likeness (QED) is 0.652. The second kappa shape index (κ2) is 9.05. The number of benzene rings is 1. The third kappa shape index (κ3) is 4.91. The summed E-state index contributed by atoms with van der Waals surface area (Å²) < 4.78 is 45.7. The molecule has 0 bridgehead atoms. The molecule has 0 unspecified atom stereocenters. The molecule has 0 radical (unpaired) electrons. The summed E-state index contributed by atoms with van der Waals surface area (Å²) in [5, 5.41) is 0. The molecule has 11 heteroatoms. The number of ether oxygens (including phenoxy) is 1. The van der Waals surface area contributed by atoms with Gasteiger partial charge in [0, 0.05) is 32.2 Å². The Morgan fingerprint density at radius 3 is 2.73 bits per heavy atom. The molecule has 1 amide bonds. The first-order chi connectivity index (χ1) is 15.6. The van der Waals surface area contributed by atoms with Crippen molar-refractivity contribution in [1.29, 1.82) is 0 Å². The average molecular weight is 478 g/mol. The number of amides is 1. The van der Waals surface area contributed by atoms with Crippen LogP contribution in [0, 0.1) is 5.82 Å². The van der Waals surface area contributed by atoms with Crippen LogP contribution >= 0.6 is 0 Å². The van der Waals surface area contributed by atoms with Crippen LogP contribution in [-0.2, 0) is 26.0 Å². The number of carbonyl (C=O) groups excluding carboxylic acids is 1. The summed E-state index contributed by atoms with van der Waals surface area (Å²) >= 11 is 0. The lowest BCUT2D eigenvalue weighted by atomic mass is 9.85. The van der Waals surface area contributed by atoms with Crippen LogP contribution in [0.15, 0.2) is 36.7 Å². The molecule has 9 nitrogen and oxygen atoms in total. The Morgan fingerprint density at radius 1 is 1.33 bits per heavy atom. The molecule has 2 fully saturated rings. The van der Waals surface area contributed by atoms with Gasteiger partial charge in [0.1, 0.15) is 5.54 Å². The number of aromatic nitrogens is 2. The first kappa shape index (κ1) is 23.7. The fourth-order valence-corrected chi connectivity index (χ4v) is 5.79. The maximum Gasteiger partial charge on any atom is 0.243 e. The van der Waals surface area contributed by atoms with E-state index >= 15 is 0 Å². The molecule has 33 heavy (non-hydrogen) atoms. The van der Waals surface area contributed by atoms with Crippen molar-refractivity contribution in [2.75, 3.05) is 40.1 Å². The summed E-state index contributed by atoms with van der Waals surface area (Å²) in [4.78, 5) is 25.4. The van der Waals surface area contributed by atoms with Gasteiger partial charge in [-0.25, -0.2) is 27.5 Å². The molecule has 0 saturated carbocycles. The Labute approximate surface area is 193 Å². The fraction of sp³-hybridized carbons (Fsp3) is 0.500. The zero-order valence-corrected chi connectivity index (χ0v) is 19.7. The second-order valence-corrected chi connectivity index (χ2v) is 10.6. The van der Waals surface area contributed by atoms with Crippen LogP contribution in [0.5, 0.6) is 0 Å². The fourth-order valence-electron chi connectivity index (χ4n) is 4.99. The van der Waals surface area contributed by atoms with Gasteiger partial charge in [-0.3, -0.25) is 9.69 Å². The van der Waals surface area contributed by atoms with Gasteiger partial charge in [-0.05, 0) is 24.5 Å². The van der Waals surface area contributed by atoms with Gasteiger partial charge in [0.25, 0.3) is 0 Å². The van der Waals surface area contributed by atoms with Gasteiger partial charge in [-0.15, -0.1) is 0 Å². The van der Waals surface area contributed by atoms with Crippen LogP contribution in [0.3, 0.4) is 0 Å². The van der Waals surface area contributed by atoms with Crippen LogP contribution in [0.4, 0.5) is 4.39 Å². The topological polar surface area (TPSA) is 105 Å². The van der Waals surface area contributed by atoms with Crippen molar-refractivity contribution in [3.05, 3.63) is 48.0 Å². The highest BCUT2D eigenvalue weighted by Gasteiger charge is 2.57. The number of halogens is 1. The minimum atomic E-state index is -3.48.